The summed E-state index contributed by atoms with van der Waals surface area (Å²) in [7, 11) is 0. The first-order chi connectivity index (χ1) is 11.8. The molecule has 1 aromatic heterocycles. The smallest absolute Gasteiger partial charge is 0.344 e. The maximum absolute atomic E-state index is 13.2. The van der Waals surface area contributed by atoms with Crippen LogP contribution >= 0.6 is 0 Å². The number of carboxylic acids is 1. The topological polar surface area (TPSA) is 76.7 Å². The summed E-state index contributed by atoms with van der Waals surface area (Å²) in [6.45, 7) is 3.19. The molecule has 128 valence electrons. The molecule has 1 unspecified atom stereocenters. The third-order valence-corrected chi connectivity index (χ3v) is 3.76. The van der Waals surface area contributed by atoms with Crippen LogP contribution in [0.25, 0.3) is 22.1 Å². The fourth-order valence-electron chi connectivity index (χ4n) is 2.59. The van der Waals surface area contributed by atoms with Crippen molar-refractivity contribution in [3.8, 4) is 16.9 Å². The van der Waals surface area contributed by atoms with Crippen molar-refractivity contribution in [2.75, 3.05) is 0 Å². The number of rotatable bonds is 4. The molecule has 0 aliphatic carbocycles. The van der Waals surface area contributed by atoms with Crippen molar-refractivity contribution >= 4 is 16.9 Å². The van der Waals surface area contributed by atoms with Crippen LogP contribution in [-0.2, 0) is 4.79 Å². The van der Waals surface area contributed by atoms with Gasteiger partial charge in [0.1, 0.15) is 17.1 Å². The third-order valence-electron chi connectivity index (χ3n) is 3.76. The number of carbonyl (C=O) groups is 1. The lowest BCUT2D eigenvalue weighted by Gasteiger charge is -2.15. The molecule has 1 N–H and O–H groups in total. The van der Waals surface area contributed by atoms with Crippen LogP contribution in [0.2, 0.25) is 0 Å². The maximum Gasteiger partial charge on any atom is 0.344 e. The first-order valence-corrected chi connectivity index (χ1v) is 7.59. The lowest BCUT2D eigenvalue weighted by atomic mass is 10.00. The minimum Gasteiger partial charge on any atom is -0.479 e. The van der Waals surface area contributed by atoms with E-state index in [4.69, 9.17) is 14.3 Å². The van der Waals surface area contributed by atoms with Gasteiger partial charge >= 0.3 is 11.6 Å². The standard InChI is InChI=1S/C19H15FO5/c1-10-7-15(24-11(2)19(22)23)18-14(9-17(21)25-16(18)8-10)12-3-5-13(20)6-4-12/h3-9,11H,1-2H3,(H,22,23). The highest BCUT2D eigenvalue weighted by Gasteiger charge is 2.19. The number of fused-ring (bicyclic) bond motifs is 1. The van der Waals surface area contributed by atoms with E-state index in [2.05, 4.69) is 0 Å². The van der Waals surface area contributed by atoms with Crippen LogP contribution in [0.3, 0.4) is 0 Å². The highest BCUT2D eigenvalue weighted by Crippen LogP contribution is 2.36. The van der Waals surface area contributed by atoms with E-state index < -0.39 is 23.5 Å². The van der Waals surface area contributed by atoms with Gasteiger partial charge < -0.3 is 14.3 Å². The molecule has 0 saturated carbocycles. The molecular weight excluding hydrogens is 327 g/mol. The summed E-state index contributed by atoms with van der Waals surface area (Å²) in [5.74, 6) is -1.23. The van der Waals surface area contributed by atoms with Gasteiger partial charge in [0.2, 0.25) is 0 Å². The van der Waals surface area contributed by atoms with Crippen LogP contribution < -0.4 is 10.4 Å². The molecule has 0 spiro atoms. The van der Waals surface area contributed by atoms with Crippen molar-refractivity contribution in [1.29, 1.82) is 0 Å². The highest BCUT2D eigenvalue weighted by molar-refractivity contribution is 5.98. The Morgan fingerprint density at radius 1 is 1.20 bits per heavy atom. The van der Waals surface area contributed by atoms with Gasteiger partial charge in [-0.1, -0.05) is 12.1 Å². The number of benzene rings is 2. The number of aryl methyl sites for hydroxylation is 1. The van der Waals surface area contributed by atoms with Crippen LogP contribution in [0, 0.1) is 12.7 Å². The molecule has 0 saturated heterocycles. The minimum absolute atomic E-state index is 0.277. The fourth-order valence-corrected chi connectivity index (χ4v) is 2.59. The van der Waals surface area contributed by atoms with E-state index in [0.717, 1.165) is 5.56 Å². The second-order valence-electron chi connectivity index (χ2n) is 5.72. The molecule has 2 aromatic carbocycles. The Morgan fingerprint density at radius 3 is 2.52 bits per heavy atom. The number of halogens is 1. The van der Waals surface area contributed by atoms with E-state index in [1.807, 2.05) is 0 Å². The zero-order chi connectivity index (χ0) is 18.1. The van der Waals surface area contributed by atoms with Gasteiger partial charge in [-0.2, -0.15) is 0 Å². The van der Waals surface area contributed by atoms with Crippen molar-refractivity contribution in [3.05, 3.63) is 64.3 Å². The monoisotopic (exact) mass is 342 g/mol. The van der Waals surface area contributed by atoms with Crippen molar-refractivity contribution in [1.82, 2.24) is 0 Å². The van der Waals surface area contributed by atoms with Crippen molar-refractivity contribution in [3.63, 3.8) is 0 Å². The summed E-state index contributed by atoms with van der Waals surface area (Å²) >= 11 is 0. The molecule has 1 atom stereocenters. The first-order valence-electron chi connectivity index (χ1n) is 7.59. The number of aliphatic carboxylic acids is 1. The highest BCUT2D eigenvalue weighted by atomic mass is 19.1. The Morgan fingerprint density at radius 2 is 1.88 bits per heavy atom. The van der Waals surface area contributed by atoms with Gasteiger partial charge in [0.25, 0.3) is 0 Å². The van der Waals surface area contributed by atoms with Gasteiger partial charge in [0.05, 0.1) is 5.39 Å². The summed E-state index contributed by atoms with van der Waals surface area (Å²) in [6, 6.07) is 10.3. The Kier molecular flexibility index (Phi) is 4.27. The Bertz CT molecular complexity index is 1000. The lowest BCUT2D eigenvalue weighted by Crippen LogP contribution is -2.23. The fraction of sp³-hybridized carbons (Fsp3) is 0.158. The minimum atomic E-state index is -1.12. The normalized spacial score (nSPS) is 12.1. The summed E-state index contributed by atoms with van der Waals surface area (Å²) in [4.78, 5) is 23.1. The quantitative estimate of drug-likeness (QED) is 0.731. The van der Waals surface area contributed by atoms with Crippen LogP contribution in [0.4, 0.5) is 4.39 Å². The van der Waals surface area contributed by atoms with E-state index in [1.54, 1.807) is 19.1 Å². The maximum atomic E-state index is 13.2. The van der Waals surface area contributed by atoms with Crippen LogP contribution in [0.15, 0.2) is 51.7 Å². The molecule has 6 heteroatoms. The number of hydrogen-bond acceptors (Lipinski definition) is 4. The molecule has 5 nitrogen and oxygen atoms in total. The second kappa shape index (κ2) is 6.39. The molecule has 1 heterocycles. The summed E-state index contributed by atoms with van der Waals surface area (Å²) in [5.41, 5.74) is 1.54. The van der Waals surface area contributed by atoms with Crippen LogP contribution in [-0.4, -0.2) is 17.2 Å². The lowest BCUT2D eigenvalue weighted by molar-refractivity contribution is -0.144. The Balaban J connectivity index is 2.30. The van der Waals surface area contributed by atoms with Crippen LogP contribution in [0.1, 0.15) is 12.5 Å². The van der Waals surface area contributed by atoms with Crippen molar-refractivity contribution < 1.29 is 23.4 Å². The zero-order valence-corrected chi connectivity index (χ0v) is 13.6. The molecule has 3 rings (SSSR count). The van der Waals surface area contributed by atoms with Gasteiger partial charge in [-0.05, 0) is 49.2 Å². The molecule has 25 heavy (non-hydrogen) atoms. The molecule has 0 aliphatic heterocycles. The first kappa shape index (κ1) is 16.7. The Labute approximate surface area is 142 Å². The third kappa shape index (κ3) is 3.38. The average molecular weight is 342 g/mol. The molecule has 0 radical (unpaired) electrons. The number of carboxylic acid groups (broad SMARTS) is 1. The molecular formula is C19H15FO5. The molecule has 0 bridgehead atoms. The van der Waals surface area contributed by atoms with E-state index in [0.29, 0.717) is 16.5 Å². The van der Waals surface area contributed by atoms with E-state index in [-0.39, 0.29) is 11.3 Å². The predicted octanol–water partition coefficient (Wildman–Crippen LogP) is 3.76. The van der Waals surface area contributed by atoms with E-state index >= 15 is 0 Å². The second-order valence-corrected chi connectivity index (χ2v) is 5.72. The van der Waals surface area contributed by atoms with E-state index in [1.165, 1.54) is 37.3 Å². The predicted molar refractivity (Wildman–Crippen MR) is 90.3 cm³/mol. The SMILES string of the molecule is Cc1cc(OC(C)C(=O)O)c2c(-c3ccc(F)cc3)cc(=O)oc2c1. The molecule has 0 amide bonds. The van der Waals surface area contributed by atoms with Gasteiger partial charge in [-0.3, -0.25) is 0 Å². The average Bonchev–Trinajstić information content (AvgIpc) is 2.54. The van der Waals surface area contributed by atoms with Crippen molar-refractivity contribution in [2.45, 2.75) is 20.0 Å². The summed E-state index contributed by atoms with van der Waals surface area (Å²) in [5, 5.41) is 9.57. The zero-order valence-electron chi connectivity index (χ0n) is 13.6. The van der Waals surface area contributed by atoms with Gasteiger partial charge in [0.15, 0.2) is 6.10 Å². The summed E-state index contributed by atoms with van der Waals surface area (Å²) in [6.07, 6.45) is -1.09. The Hall–Kier alpha value is -3.15. The van der Waals surface area contributed by atoms with Gasteiger partial charge in [0, 0.05) is 11.6 Å². The van der Waals surface area contributed by atoms with Gasteiger partial charge in [-0.15, -0.1) is 0 Å². The largest absolute Gasteiger partial charge is 0.479 e. The van der Waals surface area contributed by atoms with Gasteiger partial charge in [-0.25, -0.2) is 14.0 Å². The molecule has 0 fully saturated rings. The molecule has 0 aliphatic rings. The van der Waals surface area contributed by atoms with E-state index in [9.17, 15) is 14.0 Å². The summed E-state index contributed by atoms with van der Waals surface area (Å²) < 4.78 is 24.0. The van der Waals surface area contributed by atoms with Crippen LogP contribution in [0.5, 0.6) is 5.75 Å². The van der Waals surface area contributed by atoms with Crippen molar-refractivity contribution in [2.24, 2.45) is 0 Å². The number of hydrogen-bond donors (Lipinski definition) is 1. The molecule has 3 aromatic rings. The number of ether oxygens (including phenoxy) is 1.